The van der Waals surface area contributed by atoms with Crippen LogP contribution in [0.25, 0.3) is 10.8 Å². The van der Waals surface area contributed by atoms with E-state index in [1.165, 1.54) is 10.9 Å². The second-order valence-electron chi connectivity index (χ2n) is 7.01. The summed E-state index contributed by atoms with van der Waals surface area (Å²) >= 11 is 0. The minimum Gasteiger partial charge on any atom is -0.497 e. The Bertz CT molecular complexity index is 916. The van der Waals surface area contributed by atoms with Gasteiger partial charge in [0.05, 0.1) is 7.11 Å². The molecule has 120 valence electrons. The van der Waals surface area contributed by atoms with E-state index >= 15 is 0 Å². The van der Waals surface area contributed by atoms with Gasteiger partial charge < -0.3 is 4.74 Å². The van der Waals surface area contributed by atoms with Crippen molar-refractivity contribution in [2.45, 2.75) is 26.2 Å². The van der Waals surface area contributed by atoms with Crippen LogP contribution in [0.1, 0.15) is 37.5 Å². The maximum Gasteiger partial charge on any atom is 0.119 e. The number of benzene rings is 3. The third-order valence-corrected chi connectivity index (χ3v) is 4.15. The number of fused-ring (bicyclic) bond motifs is 1. The van der Waals surface area contributed by atoms with Gasteiger partial charge >= 0.3 is 0 Å². The molecule has 0 atom stereocenters. The first-order chi connectivity index (χ1) is 11.5. The second-order valence-corrected chi connectivity index (χ2v) is 7.01. The Morgan fingerprint density at radius 3 is 1.96 bits per heavy atom. The first-order valence-electron chi connectivity index (χ1n) is 8.16. The lowest BCUT2D eigenvalue weighted by Gasteiger charge is -2.18. The molecule has 24 heavy (non-hydrogen) atoms. The molecule has 3 aromatic rings. The van der Waals surface area contributed by atoms with Gasteiger partial charge in [0.2, 0.25) is 0 Å². The van der Waals surface area contributed by atoms with Crippen LogP contribution in [0, 0.1) is 11.8 Å². The van der Waals surface area contributed by atoms with E-state index in [1.54, 1.807) is 7.11 Å². The van der Waals surface area contributed by atoms with Crippen molar-refractivity contribution in [3.05, 3.63) is 77.4 Å². The van der Waals surface area contributed by atoms with E-state index in [0.717, 1.165) is 22.3 Å². The molecule has 0 saturated heterocycles. The van der Waals surface area contributed by atoms with Crippen molar-refractivity contribution in [3.8, 4) is 17.6 Å². The summed E-state index contributed by atoms with van der Waals surface area (Å²) in [6.07, 6.45) is 0. The van der Waals surface area contributed by atoms with Crippen LogP contribution in [0.3, 0.4) is 0 Å². The van der Waals surface area contributed by atoms with Crippen molar-refractivity contribution in [2.75, 3.05) is 7.11 Å². The molecular formula is C23H22O. The summed E-state index contributed by atoms with van der Waals surface area (Å²) in [4.78, 5) is 0. The molecule has 0 saturated carbocycles. The molecule has 0 aliphatic heterocycles. The minimum absolute atomic E-state index is 0.172. The van der Waals surface area contributed by atoms with Gasteiger partial charge in [0.1, 0.15) is 5.75 Å². The summed E-state index contributed by atoms with van der Waals surface area (Å²) in [5.41, 5.74) is 3.56. The molecule has 1 heteroatoms. The Morgan fingerprint density at radius 1 is 0.708 bits per heavy atom. The summed E-state index contributed by atoms with van der Waals surface area (Å²) < 4.78 is 5.26. The highest BCUT2D eigenvalue weighted by atomic mass is 16.5. The molecular weight excluding hydrogens is 292 g/mol. The van der Waals surface area contributed by atoms with Gasteiger partial charge in [-0.25, -0.2) is 0 Å². The molecule has 0 N–H and O–H groups in total. The maximum atomic E-state index is 5.26. The van der Waals surface area contributed by atoms with Crippen molar-refractivity contribution < 1.29 is 4.74 Å². The minimum atomic E-state index is 0.172. The molecule has 0 heterocycles. The molecule has 0 bridgehead atoms. The molecule has 3 aromatic carbocycles. The number of hydrogen-bond donors (Lipinski definition) is 0. The smallest absolute Gasteiger partial charge is 0.119 e. The predicted molar refractivity (Wildman–Crippen MR) is 102 cm³/mol. The van der Waals surface area contributed by atoms with Crippen molar-refractivity contribution in [1.82, 2.24) is 0 Å². The average Bonchev–Trinajstić information content (AvgIpc) is 2.59. The second kappa shape index (κ2) is 6.42. The van der Waals surface area contributed by atoms with E-state index in [9.17, 15) is 0 Å². The summed E-state index contributed by atoms with van der Waals surface area (Å²) in [7, 11) is 1.69. The molecule has 0 amide bonds. The molecule has 0 radical (unpaired) electrons. The SMILES string of the molecule is COc1ccc2cc(C#Cc3ccc(C(C)(C)C)cc3)ccc2c1. The summed E-state index contributed by atoms with van der Waals surface area (Å²) in [5.74, 6) is 7.39. The van der Waals surface area contributed by atoms with Crippen LogP contribution in [-0.4, -0.2) is 7.11 Å². The van der Waals surface area contributed by atoms with Crippen molar-refractivity contribution >= 4 is 10.8 Å². The average molecular weight is 314 g/mol. The van der Waals surface area contributed by atoms with Crippen LogP contribution in [0.4, 0.5) is 0 Å². The van der Waals surface area contributed by atoms with Crippen LogP contribution < -0.4 is 4.74 Å². The largest absolute Gasteiger partial charge is 0.497 e. The van der Waals surface area contributed by atoms with E-state index in [4.69, 9.17) is 4.74 Å². The standard InChI is InChI=1S/C23H22O/c1-23(2,3)21-12-8-17(9-13-21)5-6-18-7-10-20-16-22(24-4)14-11-19(20)15-18/h7-16H,1-4H3. The van der Waals surface area contributed by atoms with Crippen LogP contribution in [0.2, 0.25) is 0 Å². The summed E-state index contributed by atoms with van der Waals surface area (Å²) in [6.45, 7) is 6.66. The first kappa shape index (κ1) is 16.1. The molecule has 0 unspecified atom stereocenters. The van der Waals surface area contributed by atoms with Crippen molar-refractivity contribution in [2.24, 2.45) is 0 Å². The number of ether oxygens (including phenoxy) is 1. The fourth-order valence-corrected chi connectivity index (χ4v) is 2.63. The molecule has 1 nitrogen and oxygen atoms in total. The lowest BCUT2D eigenvalue weighted by molar-refractivity contribution is 0.415. The Balaban J connectivity index is 1.86. The summed E-state index contributed by atoms with van der Waals surface area (Å²) in [5, 5.41) is 2.33. The number of hydrogen-bond acceptors (Lipinski definition) is 1. The van der Waals surface area contributed by atoms with Gasteiger partial charge in [-0.15, -0.1) is 0 Å². The lowest BCUT2D eigenvalue weighted by atomic mass is 9.87. The predicted octanol–water partition coefficient (Wildman–Crippen LogP) is 5.55. The van der Waals surface area contributed by atoms with Crippen LogP contribution in [-0.2, 0) is 5.41 Å². The van der Waals surface area contributed by atoms with Gasteiger partial charge in [-0.05, 0) is 58.1 Å². The highest BCUT2D eigenvalue weighted by molar-refractivity contribution is 5.85. The lowest BCUT2D eigenvalue weighted by Crippen LogP contribution is -2.10. The van der Waals surface area contributed by atoms with Crippen LogP contribution in [0.15, 0.2) is 60.7 Å². The number of rotatable bonds is 1. The zero-order valence-electron chi connectivity index (χ0n) is 14.7. The van der Waals surface area contributed by atoms with E-state index < -0.39 is 0 Å². The van der Waals surface area contributed by atoms with E-state index in [-0.39, 0.29) is 5.41 Å². The Hall–Kier alpha value is -2.72. The quantitative estimate of drug-likeness (QED) is 0.535. The van der Waals surface area contributed by atoms with Gasteiger partial charge in [0, 0.05) is 11.1 Å². The Morgan fingerprint density at radius 2 is 1.29 bits per heavy atom. The highest BCUT2D eigenvalue weighted by Crippen LogP contribution is 2.23. The van der Waals surface area contributed by atoms with Crippen molar-refractivity contribution in [1.29, 1.82) is 0 Å². The third kappa shape index (κ3) is 3.60. The summed E-state index contributed by atoms with van der Waals surface area (Å²) in [6, 6.07) is 20.9. The van der Waals surface area contributed by atoms with Gasteiger partial charge in [-0.1, -0.05) is 56.9 Å². The molecule has 0 fully saturated rings. The molecule has 0 aromatic heterocycles. The van der Waals surface area contributed by atoms with E-state index in [1.807, 2.05) is 12.1 Å². The first-order valence-corrected chi connectivity index (χ1v) is 8.16. The fourth-order valence-electron chi connectivity index (χ4n) is 2.63. The van der Waals surface area contributed by atoms with Crippen LogP contribution >= 0.6 is 0 Å². The maximum absolute atomic E-state index is 5.26. The molecule has 0 spiro atoms. The third-order valence-electron chi connectivity index (χ3n) is 4.15. The van der Waals surface area contributed by atoms with Crippen molar-refractivity contribution in [3.63, 3.8) is 0 Å². The molecule has 0 aliphatic rings. The van der Waals surface area contributed by atoms with E-state index in [0.29, 0.717) is 0 Å². The molecule has 3 rings (SSSR count). The molecule has 0 aliphatic carbocycles. The number of methoxy groups -OCH3 is 1. The fraction of sp³-hybridized carbons (Fsp3) is 0.217. The zero-order valence-corrected chi connectivity index (χ0v) is 14.7. The van der Waals surface area contributed by atoms with Crippen LogP contribution in [0.5, 0.6) is 5.75 Å². The Labute approximate surface area is 144 Å². The van der Waals surface area contributed by atoms with E-state index in [2.05, 4.69) is 81.1 Å². The zero-order chi connectivity index (χ0) is 17.2. The normalized spacial score (nSPS) is 11.0. The highest BCUT2D eigenvalue weighted by Gasteiger charge is 2.12. The topological polar surface area (TPSA) is 9.23 Å². The van der Waals surface area contributed by atoms with Gasteiger partial charge in [-0.2, -0.15) is 0 Å². The Kier molecular flexibility index (Phi) is 4.32. The van der Waals surface area contributed by atoms with Gasteiger partial charge in [0.25, 0.3) is 0 Å². The van der Waals surface area contributed by atoms with Gasteiger partial charge in [-0.3, -0.25) is 0 Å². The van der Waals surface area contributed by atoms with Gasteiger partial charge in [0.15, 0.2) is 0 Å². The monoisotopic (exact) mass is 314 g/mol.